The number of amides is 1. The first-order valence-electron chi connectivity index (χ1n) is 11.1. The van der Waals surface area contributed by atoms with E-state index in [1.165, 1.54) is 17.2 Å². The van der Waals surface area contributed by atoms with Crippen molar-refractivity contribution in [1.29, 1.82) is 0 Å². The number of rotatable bonds is 5. The molecule has 0 unspecified atom stereocenters. The van der Waals surface area contributed by atoms with E-state index < -0.39 is 0 Å². The van der Waals surface area contributed by atoms with E-state index in [2.05, 4.69) is 25.2 Å². The van der Waals surface area contributed by atoms with Gasteiger partial charge >= 0.3 is 0 Å². The second-order valence-electron chi connectivity index (χ2n) is 8.11. The highest BCUT2D eigenvalue weighted by Gasteiger charge is 2.16. The lowest BCUT2D eigenvalue weighted by Gasteiger charge is -2.10. The fourth-order valence-electron chi connectivity index (χ4n) is 4.10. The summed E-state index contributed by atoms with van der Waals surface area (Å²) in [5, 5.41) is 16.0. The molecule has 4 aromatic rings. The third-order valence-electron chi connectivity index (χ3n) is 5.74. The van der Waals surface area contributed by atoms with Gasteiger partial charge in [0.25, 0.3) is 5.56 Å². The van der Waals surface area contributed by atoms with Crippen LogP contribution in [0.5, 0.6) is 0 Å². The van der Waals surface area contributed by atoms with Crippen LogP contribution in [0.15, 0.2) is 71.5 Å². The lowest BCUT2D eigenvalue weighted by atomic mass is 10.1. The fraction of sp³-hybridized carbons (Fsp3) is 0.240. The quantitative estimate of drug-likeness (QED) is 0.512. The molecule has 1 aliphatic heterocycles. The molecular weight excluding hydrogens is 416 g/mol. The molecule has 1 amide bonds. The molecule has 2 aromatic carbocycles. The number of aryl methyl sites for hydroxylation is 1. The third kappa shape index (κ3) is 4.59. The van der Waals surface area contributed by atoms with Gasteiger partial charge < -0.3 is 9.88 Å². The normalized spacial score (nSPS) is 13.2. The number of carbonyl (C=O) groups excluding carboxylic acids is 1. The van der Waals surface area contributed by atoms with Crippen molar-refractivity contribution in [2.75, 3.05) is 5.32 Å². The summed E-state index contributed by atoms with van der Waals surface area (Å²) in [5.74, 6) is 1.50. The smallest absolute Gasteiger partial charge is 0.267 e. The molecule has 0 atom stereocenters. The van der Waals surface area contributed by atoms with E-state index in [9.17, 15) is 9.59 Å². The van der Waals surface area contributed by atoms with Crippen molar-refractivity contribution in [3.05, 3.63) is 82.9 Å². The maximum atomic E-state index is 12.7. The predicted molar refractivity (Wildman–Crippen MR) is 126 cm³/mol. The average molecular weight is 441 g/mol. The summed E-state index contributed by atoms with van der Waals surface area (Å²) in [6.45, 7) is 0.727. The first kappa shape index (κ1) is 20.8. The summed E-state index contributed by atoms with van der Waals surface area (Å²) in [4.78, 5) is 25.0. The number of nitrogens with one attached hydrogen (secondary N) is 1. The third-order valence-corrected chi connectivity index (χ3v) is 5.74. The van der Waals surface area contributed by atoms with Crippen LogP contribution in [0.25, 0.3) is 22.6 Å². The van der Waals surface area contributed by atoms with Crippen LogP contribution >= 0.6 is 0 Å². The number of hydrogen-bond donors (Lipinski definition) is 1. The number of aromatic nitrogens is 5. The monoisotopic (exact) mass is 440 g/mol. The van der Waals surface area contributed by atoms with Crippen LogP contribution in [-0.2, 0) is 24.3 Å². The van der Waals surface area contributed by atoms with Gasteiger partial charge in [-0.2, -0.15) is 5.10 Å². The second kappa shape index (κ2) is 9.20. The van der Waals surface area contributed by atoms with Gasteiger partial charge in [0.2, 0.25) is 5.91 Å². The molecule has 5 rings (SSSR count). The Morgan fingerprint density at radius 2 is 1.76 bits per heavy atom. The molecule has 33 heavy (non-hydrogen) atoms. The van der Waals surface area contributed by atoms with Crippen LogP contribution in [0, 0.1) is 0 Å². The van der Waals surface area contributed by atoms with E-state index >= 15 is 0 Å². The van der Waals surface area contributed by atoms with Crippen molar-refractivity contribution in [1.82, 2.24) is 24.5 Å². The van der Waals surface area contributed by atoms with E-state index in [4.69, 9.17) is 0 Å². The minimum Gasteiger partial charge on any atom is -0.324 e. The van der Waals surface area contributed by atoms with Crippen LogP contribution in [0.4, 0.5) is 5.69 Å². The van der Waals surface area contributed by atoms with Crippen molar-refractivity contribution in [2.24, 2.45) is 0 Å². The Balaban J connectivity index is 1.34. The van der Waals surface area contributed by atoms with Gasteiger partial charge in [-0.15, -0.1) is 10.2 Å². The summed E-state index contributed by atoms with van der Waals surface area (Å²) in [7, 11) is 0. The maximum absolute atomic E-state index is 12.7. The lowest BCUT2D eigenvalue weighted by molar-refractivity contribution is -0.117. The number of fused-ring (bicyclic) bond motifs is 1. The van der Waals surface area contributed by atoms with Gasteiger partial charge in [-0.3, -0.25) is 9.59 Å². The van der Waals surface area contributed by atoms with Crippen molar-refractivity contribution >= 4 is 11.6 Å². The highest BCUT2D eigenvalue weighted by atomic mass is 16.2. The number of hydrogen-bond acceptors (Lipinski definition) is 5. The van der Waals surface area contributed by atoms with Crippen molar-refractivity contribution in [3.8, 4) is 22.6 Å². The molecule has 0 bridgehead atoms. The predicted octanol–water partition coefficient (Wildman–Crippen LogP) is 3.53. The van der Waals surface area contributed by atoms with Crippen molar-refractivity contribution < 1.29 is 4.79 Å². The van der Waals surface area contributed by atoms with E-state index in [-0.39, 0.29) is 18.0 Å². The molecule has 0 spiro atoms. The lowest BCUT2D eigenvalue weighted by Crippen LogP contribution is -2.29. The second-order valence-corrected chi connectivity index (χ2v) is 8.11. The number of anilines is 1. The first-order chi connectivity index (χ1) is 16.2. The highest BCUT2D eigenvalue weighted by Crippen LogP contribution is 2.25. The maximum Gasteiger partial charge on any atom is 0.267 e. The Bertz CT molecular complexity index is 1340. The Morgan fingerprint density at radius 1 is 0.909 bits per heavy atom. The Morgan fingerprint density at radius 3 is 2.64 bits per heavy atom. The molecular formula is C25H24N6O2. The molecule has 0 saturated carbocycles. The highest BCUT2D eigenvalue weighted by molar-refractivity contribution is 5.91. The molecule has 166 valence electrons. The summed E-state index contributed by atoms with van der Waals surface area (Å²) in [5.41, 5.74) is 2.72. The van der Waals surface area contributed by atoms with Gasteiger partial charge in [0, 0.05) is 35.8 Å². The molecule has 1 N–H and O–H groups in total. The van der Waals surface area contributed by atoms with Gasteiger partial charge in [0.05, 0.1) is 5.69 Å². The van der Waals surface area contributed by atoms with Gasteiger partial charge in [-0.05, 0) is 31.0 Å². The van der Waals surface area contributed by atoms with Crippen LogP contribution in [0.2, 0.25) is 0 Å². The number of benzene rings is 2. The van der Waals surface area contributed by atoms with E-state index in [1.54, 1.807) is 6.07 Å². The van der Waals surface area contributed by atoms with Crippen molar-refractivity contribution in [2.45, 2.75) is 38.8 Å². The van der Waals surface area contributed by atoms with Crippen LogP contribution in [0.1, 0.15) is 25.1 Å². The molecule has 0 aliphatic carbocycles. The van der Waals surface area contributed by atoms with Crippen LogP contribution in [0.3, 0.4) is 0 Å². The van der Waals surface area contributed by atoms with Gasteiger partial charge in [-0.25, -0.2) is 4.68 Å². The molecule has 0 fully saturated rings. The molecule has 8 heteroatoms. The Kier molecular flexibility index (Phi) is 5.80. The van der Waals surface area contributed by atoms with Crippen LogP contribution in [-0.4, -0.2) is 30.5 Å². The standard InChI is InChI=1S/C25H24N6O2/c32-23(17-31-24(33)14-13-21(29-31)18-8-3-1-4-9-18)26-20-11-7-10-19(16-20)25-28-27-22-12-5-2-6-15-30(22)25/h1,3-4,7-11,13-14,16H,2,5-6,12,15,17H2,(H,26,32). The van der Waals surface area contributed by atoms with E-state index in [1.807, 2.05) is 54.6 Å². The van der Waals surface area contributed by atoms with Gasteiger partial charge in [0.15, 0.2) is 5.82 Å². The number of carbonyl (C=O) groups is 1. The molecule has 0 saturated heterocycles. The summed E-state index contributed by atoms with van der Waals surface area (Å²) < 4.78 is 3.35. The first-order valence-corrected chi connectivity index (χ1v) is 11.1. The van der Waals surface area contributed by atoms with Crippen LogP contribution < -0.4 is 10.9 Å². The van der Waals surface area contributed by atoms with E-state index in [0.29, 0.717) is 11.4 Å². The number of nitrogens with zero attached hydrogens (tertiary/aromatic N) is 5. The SMILES string of the molecule is O=C(Cn1nc(-c2ccccc2)ccc1=O)Nc1cccc(-c2nnc3n2CCCCC3)c1. The molecule has 0 radical (unpaired) electrons. The minimum absolute atomic E-state index is 0.177. The minimum atomic E-state index is -0.329. The Labute approximate surface area is 190 Å². The summed E-state index contributed by atoms with van der Waals surface area (Å²) >= 11 is 0. The molecule has 1 aliphatic rings. The molecule has 3 heterocycles. The largest absolute Gasteiger partial charge is 0.324 e. The summed E-state index contributed by atoms with van der Waals surface area (Å²) in [6, 6.07) is 20.2. The Hall–Kier alpha value is -4.07. The molecule has 2 aromatic heterocycles. The average Bonchev–Trinajstić information content (AvgIpc) is 3.09. The van der Waals surface area contributed by atoms with Gasteiger partial charge in [-0.1, -0.05) is 48.9 Å². The zero-order valence-corrected chi connectivity index (χ0v) is 18.1. The van der Waals surface area contributed by atoms with Crippen molar-refractivity contribution in [3.63, 3.8) is 0 Å². The fourth-order valence-corrected chi connectivity index (χ4v) is 4.10. The summed E-state index contributed by atoms with van der Waals surface area (Å²) in [6.07, 6.45) is 4.37. The van der Waals surface area contributed by atoms with E-state index in [0.717, 1.165) is 48.6 Å². The zero-order valence-electron chi connectivity index (χ0n) is 18.1. The zero-order chi connectivity index (χ0) is 22.6. The topological polar surface area (TPSA) is 94.7 Å². The van der Waals surface area contributed by atoms with Gasteiger partial charge in [0.1, 0.15) is 12.4 Å². The molecule has 8 nitrogen and oxygen atoms in total.